The Labute approximate surface area is 134 Å². The fourth-order valence-electron chi connectivity index (χ4n) is 4.61. The first-order chi connectivity index (χ1) is 10.8. The third kappa shape index (κ3) is 2.96. The molecule has 0 radical (unpaired) electrons. The second kappa shape index (κ2) is 6.33. The van der Waals surface area contributed by atoms with Gasteiger partial charge in [-0.1, -0.05) is 56.4 Å². The standard InChI is InChI=1S/C20H29NO/c1-2-10-20(9-1)16-22-12-11-21(20)15-19-8-4-7-18(14-19)13-17-5-3-6-17/h4,7-8,14,17H,1-3,5-6,9-13,15-16H2. The van der Waals surface area contributed by atoms with Crippen molar-refractivity contribution in [2.75, 3.05) is 19.8 Å². The predicted molar refractivity (Wildman–Crippen MR) is 89.9 cm³/mol. The topological polar surface area (TPSA) is 12.5 Å². The Hall–Kier alpha value is -0.860. The minimum absolute atomic E-state index is 0.349. The molecule has 4 rings (SSSR count). The maximum absolute atomic E-state index is 5.83. The predicted octanol–water partition coefficient (Wildman–Crippen LogP) is 4.17. The first-order valence-electron chi connectivity index (χ1n) is 9.25. The summed E-state index contributed by atoms with van der Waals surface area (Å²) < 4.78 is 5.83. The first kappa shape index (κ1) is 14.7. The number of ether oxygens (including phenoxy) is 1. The van der Waals surface area contributed by atoms with Gasteiger partial charge >= 0.3 is 0 Å². The molecule has 1 spiro atoms. The van der Waals surface area contributed by atoms with Gasteiger partial charge < -0.3 is 4.74 Å². The summed E-state index contributed by atoms with van der Waals surface area (Å²) in [6.07, 6.45) is 11.0. The fraction of sp³-hybridized carbons (Fsp3) is 0.700. The summed E-state index contributed by atoms with van der Waals surface area (Å²) in [6.45, 7) is 4.08. The van der Waals surface area contributed by atoms with E-state index in [0.29, 0.717) is 5.54 Å². The zero-order valence-electron chi connectivity index (χ0n) is 13.7. The van der Waals surface area contributed by atoms with Crippen LogP contribution in [0.3, 0.4) is 0 Å². The van der Waals surface area contributed by atoms with Gasteiger partial charge in [0.25, 0.3) is 0 Å². The molecule has 0 N–H and O–H groups in total. The molecule has 2 nitrogen and oxygen atoms in total. The summed E-state index contributed by atoms with van der Waals surface area (Å²) in [6, 6.07) is 9.39. The van der Waals surface area contributed by atoms with Gasteiger partial charge in [-0.3, -0.25) is 4.90 Å². The number of nitrogens with zero attached hydrogens (tertiary/aromatic N) is 1. The van der Waals surface area contributed by atoms with Crippen LogP contribution < -0.4 is 0 Å². The Balaban J connectivity index is 1.46. The molecule has 0 aromatic heterocycles. The second-order valence-corrected chi connectivity index (χ2v) is 7.73. The van der Waals surface area contributed by atoms with Gasteiger partial charge in [0.1, 0.15) is 0 Å². The van der Waals surface area contributed by atoms with Gasteiger partial charge in [0.15, 0.2) is 0 Å². The highest BCUT2D eigenvalue weighted by atomic mass is 16.5. The average Bonchev–Trinajstić information content (AvgIpc) is 2.95. The molecular formula is C20H29NO. The SMILES string of the molecule is c1cc(CC2CCC2)cc(CN2CCOCC23CCCC3)c1. The van der Waals surface area contributed by atoms with Crippen molar-refractivity contribution in [2.45, 2.75) is 63.5 Å². The molecule has 2 aliphatic carbocycles. The maximum atomic E-state index is 5.83. The molecule has 22 heavy (non-hydrogen) atoms. The van der Waals surface area contributed by atoms with E-state index < -0.39 is 0 Å². The van der Waals surface area contributed by atoms with Crippen LogP contribution >= 0.6 is 0 Å². The molecule has 1 aromatic rings. The van der Waals surface area contributed by atoms with E-state index >= 15 is 0 Å². The van der Waals surface area contributed by atoms with Crippen LogP contribution in [-0.4, -0.2) is 30.2 Å². The van der Waals surface area contributed by atoms with E-state index in [1.165, 1.54) is 56.9 Å². The van der Waals surface area contributed by atoms with E-state index in [0.717, 1.165) is 32.2 Å². The molecule has 0 bridgehead atoms. The Morgan fingerprint density at radius 2 is 1.91 bits per heavy atom. The molecule has 1 aliphatic heterocycles. The highest BCUT2D eigenvalue weighted by Crippen LogP contribution is 2.38. The summed E-state index contributed by atoms with van der Waals surface area (Å²) in [7, 11) is 0. The maximum Gasteiger partial charge on any atom is 0.0651 e. The summed E-state index contributed by atoms with van der Waals surface area (Å²) >= 11 is 0. The fourth-order valence-corrected chi connectivity index (χ4v) is 4.61. The summed E-state index contributed by atoms with van der Waals surface area (Å²) in [5.74, 6) is 0.958. The van der Waals surface area contributed by atoms with Gasteiger partial charge in [-0.2, -0.15) is 0 Å². The van der Waals surface area contributed by atoms with E-state index in [4.69, 9.17) is 4.74 Å². The molecule has 120 valence electrons. The Morgan fingerprint density at radius 1 is 1.09 bits per heavy atom. The molecule has 1 aromatic carbocycles. The Bertz CT molecular complexity index is 502. The molecule has 1 saturated heterocycles. The van der Waals surface area contributed by atoms with Gasteiger partial charge in [0.2, 0.25) is 0 Å². The van der Waals surface area contributed by atoms with Crippen molar-refractivity contribution in [3.05, 3.63) is 35.4 Å². The van der Waals surface area contributed by atoms with Crippen molar-refractivity contribution in [1.29, 1.82) is 0 Å². The van der Waals surface area contributed by atoms with Crippen molar-refractivity contribution in [2.24, 2.45) is 5.92 Å². The smallest absolute Gasteiger partial charge is 0.0651 e. The highest BCUT2D eigenvalue weighted by molar-refractivity contribution is 5.24. The number of rotatable bonds is 4. The van der Waals surface area contributed by atoms with Crippen LogP contribution in [0.2, 0.25) is 0 Å². The minimum Gasteiger partial charge on any atom is -0.378 e. The molecule has 0 atom stereocenters. The highest BCUT2D eigenvalue weighted by Gasteiger charge is 2.41. The third-order valence-electron chi connectivity index (χ3n) is 6.20. The molecule has 1 heterocycles. The number of benzene rings is 1. The normalized spacial score (nSPS) is 25.5. The summed E-state index contributed by atoms with van der Waals surface area (Å²) in [5.41, 5.74) is 3.41. The van der Waals surface area contributed by atoms with E-state index in [2.05, 4.69) is 29.2 Å². The van der Waals surface area contributed by atoms with Crippen LogP contribution in [0, 0.1) is 5.92 Å². The quantitative estimate of drug-likeness (QED) is 0.827. The van der Waals surface area contributed by atoms with Gasteiger partial charge in [-0.05, 0) is 36.3 Å². The van der Waals surface area contributed by atoms with Crippen LogP contribution in [0.1, 0.15) is 56.1 Å². The van der Waals surface area contributed by atoms with Gasteiger partial charge in [-0.15, -0.1) is 0 Å². The second-order valence-electron chi connectivity index (χ2n) is 7.73. The molecule has 0 amide bonds. The number of hydrogen-bond acceptors (Lipinski definition) is 2. The minimum atomic E-state index is 0.349. The lowest BCUT2D eigenvalue weighted by Crippen LogP contribution is -2.54. The van der Waals surface area contributed by atoms with Crippen molar-refractivity contribution in [3.63, 3.8) is 0 Å². The van der Waals surface area contributed by atoms with Crippen LogP contribution in [0.25, 0.3) is 0 Å². The van der Waals surface area contributed by atoms with E-state index in [1.807, 2.05) is 0 Å². The van der Waals surface area contributed by atoms with Crippen LogP contribution in [0.15, 0.2) is 24.3 Å². The van der Waals surface area contributed by atoms with E-state index in [-0.39, 0.29) is 0 Å². The molecule has 3 fully saturated rings. The lowest BCUT2D eigenvalue weighted by Gasteiger charge is -2.45. The molecule has 2 saturated carbocycles. The average molecular weight is 299 g/mol. The molecule has 2 heteroatoms. The number of morpholine rings is 1. The Kier molecular flexibility index (Phi) is 4.23. The van der Waals surface area contributed by atoms with Crippen molar-refractivity contribution in [1.82, 2.24) is 4.90 Å². The lowest BCUT2D eigenvalue weighted by atomic mass is 9.81. The third-order valence-corrected chi connectivity index (χ3v) is 6.20. The van der Waals surface area contributed by atoms with Crippen molar-refractivity contribution >= 4 is 0 Å². The Morgan fingerprint density at radius 3 is 2.68 bits per heavy atom. The first-order valence-corrected chi connectivity index (χ1v) is 9.25. The van der Waals surface area contributed by atoms with Crippen LogP contribution in [-0.2, 0) is 17.7 Å². The van der Waals surface area contributed by atoms with Crippen molar-refractivity contribution in [3.8, 4) is 0 Å². The van der Waals surface area contributed by atoms with Gasteiger partial charge in [-0.25, -0.2) is 0 Å². The van der Waals surface area contributed by atoms with E-state index in [9.17, 15) is 0 Å². The lowest BCUT2D eigenvalue weighted by molar-refractivity contribution is -0.0702. The van der Waals surface area contributed by atoms with Gasteiger partial charge in [0.05, 0.1) is 13.2 Å². The summed E-state index contributed by atoms with van der Waals surface area (Å²) in [4.78, 5) is 2.73. The molecule has 0 unspecified atom stereocenters. The summed E-state index contributed by atoms with van der Waals surface area (Å²) in [5, 5.41) is 0. The zero-order chi connectivity index (χ0) is 14.8. The van der Waals surface area contributed by atoms with Crippen LogP contribution in [0.5, 0.6) is 0 Å². The largest absolute Gasteiger partial charge is 0.378 e. The molecular weight excluding hydrogens is 270 g/mol. The zero-order valence-corrected chi connectivity index (χ0v) is 13.7. The van der Waals surface area contributed by atoms with Crippen molar-refractivity contribution < 1.29 is 4.74 Å². The molecule has 3 aliphatic rings. The monoisotopic (exact) mass is 299 g/mol. The van der Waals surface area contributed by atoms with Crippen LogP contribution in [0.4, 0.5) is 0 Å². The van der Waals surface area contributed by atoms with E-state index in [1.54, 1.807) is 5.56 Å². The van der Waals surface area contributed by atoms with Gasteiger partial charge in [0, 0.05) is 18.6 Å². The number of hydrogen-bond donors (Lipinski definition) is 0.